The third kappa shape index (κ3) is 4.05. The largest absolute Gasteiger partial charge is 0.341 e. The number of rotatable bonds is 4. The second-order valence-electron chi connectivity index (χ2n) is 7.67. The quantitative estimate of drug-likeness (QED) is 0.833. The fraction of sp³-hybridized carbons (Fsp3) is 0.571. The summed E-state index contributed by atoms with van der Waals surface area (Å²) in [4.78, 5) is 16.3. The van der Waals surface area contributed by atoms with Gasteiger partial charge in [-0.05, 0) is 31.4 Å². The van der Waals surface area contributed by atoms with E-state index in [2.05, 4.69) is 50.0 Å². The monoisotopic (exact) mass is 367 g/mol. The van der Waals surface area contributed by atoms with Crippen molar-refractivity contribution >= 4 is 5.91 Å². The number of carbonyl (C=O) groups excluding carboxylic acids is 1. The number of piperidine rings is 1. The Morgan fingerprint density at radius 2 is 1.93 bits per heavy atom. The van der Waals surface area contributed by atoms with E-state index in [1.54, 1.807) is 6.92 Å². The third-order valence-corrected chi connectivity index (χ3v) is 5.94. The Morgan fingerprint density at radius 1 is 1.07 bits per heavy atom. The second kappa shape index (κ2) is 8.21. The van der Waals surface area contributed by atoms with Gasteiger partial charge in [-0.3, -0.25) is 9.69 Å². The van der Waals surface area contributed by atoms with Crippen molar-refractivity contribution < 1.29 is 4.79 Å². The highest BCUT2D eigenvalue weighted by molar-refractivity contribution is 5.73. The van der Waals surface area contributed by atoms with Crippen LogP contribution in [-0.4, -0.2) is 56.7 Å². The second-order valence-corrected chi connectivity index (χ2v) is 7.67. The molecule has 6 heteroatoms. The van der Waals surface area contributed by atoms with Gasteiger partial charge < -0.3 is 9.47 Å². The minimum absolute atomic E-state index is 0.150. The Labute approximate surface area is 161 Å². The number of amides is 1. The molecule has 0 radical (unpaired) electrons. The van der Waals surface area contributed by atoms with Gasteiger partial charge in [-0.25, -0.2) is 0 Å². The lowest BCUT2D eigenvalue weighted by molar-refractivity contribution is -0.128. The predicted octanol–water partition coefficient (Wildman–Crippen LogP) is 2.45. The Balaban J connectivity index is 1.50. The average Bonchev–Trinajstić information content (AvgIpc) is 2.97. The molecule has 2 aliphatic heterocycles. The molecular formula is C21H29N5O. The first-order valence-corrected chi connectivity index (χ1v) is 10.2. The Morgan fingerprint density at radius 3 is 2.74 bits per heavy atom. The van der Waals surface area contributed by atoms with E-state index < -0.39 is 0 Å². The maximum absolute atomic E-state index is 11.8. The van der Waals surface area contributed by atoms with Crippen molar-refractivity contribution in [2.45, 2.75) is 51.6 Å². The molecule has 1 amide bonds. The lowest BCUT2D eigenvalue weighted by atomic mass is 10.00. The summed E-state index contributed by atoms with van der Waals surface area (Å²) in [6.45, 7) is 6.13. The van der Waals surface area contributed by atoms with Crippen molar-refractivity contribution in [3.63, 3.8) is 0 Å². The van der Waals surface area contributed by atoms with Crippen LogP contribution in [0.25, 0.3) is 0 Å². The lowest BCUT2D eigenvalue weighted by Crippen LogP contribution is -2.37. The predicted molar refractivity (Wildman–Crippen MR) is 104 cm³/mol. The van der Waals surface area contributed by atoms with Gasteiger partial charge in [0.2, 0.25) is 5.91 Å². The molecule has 0 saturated carbocycles. The standard InChI is InChI=1S/C21H29N5O/c1-17(27)24-14-11-20-22-23-21(26(20)16-15-24)19-9-5-6-12-25(19)13-10-18-7-3-2-4-8-18/h2-4,7-8,19H,5-6,9-16H2,1H3/t19-/m0/s1. The van der Waals surface area contributed by atoms with Crippen LogP contribution >= 0.6 is 0 Å². The molecule has 1 saturated heterocycles. The highest BCUT2D eigenvalue weighted by atomic mass is 16.2. The van der Waals surface area contributed by atoms with Gasteiger partial charge in [0.05, 0.1) is 6.04 Å². The van der Waals surface area contributed by atoms with Crippen molar-refractivity contribution in [1.29, 1.82) is 0 Å². The first kappa shape index (κ1) is 18.2. The van der Waals surface area contributed by atoms with Crippen molar-refractivity contribution in [3.8, 4) is 0 Å². The summed E-state index contributed by atoms with van der Waals surface area (Å²) >= 11 is 0. The van der Waals surface area contributed by atoms with E-state index in [9.17, 15) is 4.79 Å². The van der Waals surface area contributed by atoms with Gasteiger partial charge in [-0.1, -0.05) is 36.8 Å². The Hall–Kier alpha value is -2.21. The van der Waals surface area contributed by atoms with Gasteiger partial charge in [0.1, 0.15) is 11.6 Å². The van der Waals surface area contributed by atoms with Crippen LogP contribution in [-0.2, 0) is 24.2 Å². The molecule has 0 bridgehead atoms. The van der Waals surface area contributed by atoms with E-state index >= 15 is 0 Å². The number of likely N-dealkylation sites (tertiary alicyclic amines) is 1. The van der Waals surface area contributed by atoms with Crippen LogP contribution in [0, 0.1) is 0 Å². The third-order valence-electron chi connectivity index (χ3n) is 5.94. The topological polar surface area (TPSA) is 54.3 Å². The molecule has 0 spiro atoms. The molecular weight excluding hydrogens is 338 g/mol. The molecule has 1 aromatic carbocycles. The number of nitrogens with zero attached hydrogens (tertiary/aromatic N) is 5. The molecule has 2 aromatic rings. The van der Waals surface area contributed by atoms with E-state index in [0.717, 1.165) is 63.6 Å². The van der Waals surface area contributed by atoms with Gasteiger partial charge >= 0.3 is 0 Å². The van der Waals surface area contributed by atoms with Crippen molar-refractivity contribution in [2.24, 2.45) is 0 Å². The Bertz CT molecular complexity index is 772. The summed E-state index contributed by atoms with van der Waals surface area (Å²) in [7, 11) is 0. The lowest BCUT2D eigenvalue weighted by Gasteiger charge is -2.35. The van der Waals surface area contributed by atoms with E-state index in [-0.39, 0.29) is 5.91 Å². The summed E-state index contributed by atoms with van der Waals surface area (Å²) in [5.74, 6) is 2.28. The molecule has 4 rings (SSSR count). The molecule has 144 valence electrons. The van der Waals surface area contributed by atoms with Gasteiger partial charge in [0.25, 0.3) is 0 Å². The normalized spacial score (nSPS) is 20.9. The van der Waals surface area contributed by atoms with Crippen molar-refractivity contribution in [2.75, 3.05) is 26.2 Å². The van der Waals surface area contributed by atoms with Crippen molar-refractivity contribution in [3.05, 3.63) is 47.5 Å². The maximum Gasteiger partial charge on any atom is 0.219 e. The van der Waals surface area contributed by atoms with E-state index in [1.165, 1.54) is 18.4 Å². The summed E-state index contributed by atoms with van der Waals surface area (Å²) in [5.41, 5.74) is 1.39. The Kier molecular flexibility index (Phi) is 5.53. The van der Waals surface area contributed by atoms with Gasteiger partial charge in [-0.15, -0.1) is 10.2 Å². The molecule has 2 aliphatic rings. The number of benzene rings is 1. The van der Waals surface area contributed by atoms with E-state index in [0.29, 0.717) is 6.04 Å². The fourth-order valence-electron chi connectivity index (χ4n) is 4.38. The molecule has 0 aliphatic carbocycles. The van der Waals surface area contributed by atoms with Crippen LogP contribution in [0.1, 0.15) is 49.4 Å². The first-order valence-electron chi connectivity index (χ1n) is 10.2. The zero-order chi connectivity index (χ0) is 18.6. The van der Waals surface area contributed by atoms with Crippen molar-refractivity contribution in [1.82, 2.24) is 24.6 Å². The van der Waals surface area contributed by atoms with E-state index in [1.807, 2.05) is 4.90 Å². The number of hydrogen-bond donors (Lipinski definition) is 0. The van der Waals surface area contributed by atoms with Crippen LogP contribution in [0.15, 0.2) is 30.3 Å². The SMILES string of the molecule is CC(=O)N1CCc2nnc([C@@H]3CCCCN3CCc3ccccc3)n2CC1. The molecule has 27 heavy (non-hydrogen) atoms. The fourth-order valence-corrected chi connectivity index (χ4v) is 4.38. The van der Waals surface area contributed by atoms with Crippen LogP contribution in [0.4, 0.5) is 0 Å². The summed E-state index contributed by atoms with van der Waals surface area (Å²) in [6, 6.07) is 11.1. The van der Waals surface area contributed by atoms with Crippen LogP contribution in [0.5, 0.6) is 0 Å². The first-order chi connectivity index (χ1) is 13.2. The highest BCUT2D eigenvalue weighted by Crippen LogP contribution is 2.31. The number of hydrogen-bond acceptors (Lipinski definition) is 4. The minimum Gasteiger partial charge on any atom is -0.341 e. The van der Waals surface area contributed by atoms with Crippen LogP contribution in [0.3, 0.4) is 0 Å². The summed E-state index contributed by atoms with van der Waals surface area (Å²) < 4.78 is 2.29. The molecule has 0 N–H and O–H groups in total. The smallest absolute Gasteiger partial charge is 0.219 e. The summed E-state index contributed by atoms with van der Waals surface area (Å²) in [5, 5.41) is 9.09. The molecule has 3 heterocycles. The number of carbonyl (C=O) groups is 1. The molecule has 1 aromatic heterocycles. The number of aromatic nitrogens is 3. The van der Waals surface area contributed by atoms with Crippen LogP contribution < -0.4 is 0 Å². The maximum atomic E-state index is 11.8. The molecule has 6 nitrogen and oxygen atoms in total. The van der Waals surface area contributed by atoms with E-state index in [4.69, 9.17) is 0 Å². The molecule has 0 unspecified atom stereocenters. The number of fused-ring (bicyclic) bond motifs is 1. The average molecular weight is 367 g/mol. The van der Waals surface area contributed by atoms with Crippen LogP contribution in [0.2, 0.25) is 0 Å². The minimum atomic E-state index is 0.150. The van der Waals surface area contributed by atoms with Gasteiger partial charge in [0, 0.05) is 39.5 Å². The summed E-state index contributed by atoms with van der Waals surface area (Å²) in [6.07, 6.45) is 5.50. The van der Waals surface area contributed by atoms with Gasteiger partial charge in [0.15, 0.2) is 0 Å². The van der Waals surface area contributed by atoms with Gasteiger partial charge in [-0.2, -0.15) is 0 Å². The zero-order valence-corrected chi connectivity index (χ0v) is 16.2. The molecule has 1 atom stereocenters. The zero-order valence-electron chi connectivity index (χ0n) is 16.2. The molecule has 1 fully saturated rings. The highest BCUT2D eigenvalue weighted by Gasteiger charge is 2.30.